The highest BCUT2D eigenvalue weighted by atomic mass is 32.2. The predicted molar refractivity (Wildman–Crippen MR) is 99.6 cm³/mol. The van der Waals surface area contributed by atoms with E-state index < -0.39 is 22.1 Å². The predicted octanol–water partition coefficient (Wildman–Crippen LogP) is 3.24. The van der Waals surface area contributed by atoms with Crippen molar-refractivity contribution in [2.24, 2.45) is 11.8 Å². The van der Waals surface area contributed by atoms with Crippen LogP contribution in [0.2, 0.25) is 0 Å². The molecule has 0 spiro atoms. The molecule has 2 heterocycles. The van der Waals surface area contributed by atoms with Crippen molar-refractivity contribution in [2.45, 2.75) is 43.9 Å². The van der Waals surface area contributed by atoms with Crippen LogP contribution in [0.15, 0.2) is 29.2 Å². The second-order valence-electron chi connectivity index (χ2n) is 7.71. The van der Waals surface area contributed by atoms with Gasteiger partial charge in [-0.15, -0.1) is 13.2 Å². The van der Waals surface area contributed by atoms with E-state index in [-0.39, 0.29) is 29.8 Å². The van der Waals surface area contributed by atoms with Gasteiger partial charge in [-0.25, -0.2) is 8.42 Å². The van der Waals surface area contributed by atoms with E-state index in [4.69, 9.17) is 0 Å². The number of benzene rings is 1. The summed E-state index contributed by atoms with van der Waals surface area (Å²) >= 11 is 0. The second kappa shape index (κ2) is 8.51. The normalized spacial score (nSPS) is 20.6. The first-order valence-corrected chi connectivity index (χ1v) is 11.1. The van der Waals surface area contributed by atoms with Crippen LogP contribution in [0.5, 0.6) is 5.75 Å². The van der Waals surface area contributed by atoms with Crippen molar-refractivity contribution in [2.75, 3.05) is 26.2 Å². The first-order valence-electron chi connectivity index (χ1n) is 9.71. The van der Waals surface area contributed by atoms with Crippen molar-refractivity contribution in [3.8, 4) is 5.75 Å². The van der Waals surface area contributed by atoms with Crippen molar-refractivity contribution in [1.82, 2.24) is 9.21 Å². The van der Waals surface area contributed by atoms with E-state index in [1.807, 2.05) is 4.90 Å². The molecule has 2 fully saturated rings. The lowest BCUT2D eigenvalue weighted by atomic mass is 9.93. The number of halogens is 3. The molecule has 2 aliphatic rings. The maximum atomic E-state index is 12.8. The zero-order valence-electron chi connectivity index (χ0n) is 16.2. The van der Waals surface area contributed by atoms with E-state index in [1.165, 1.54) is 16.4 Å². The number of amides is 1. The molecule has 1 aromatic rings. The molecule has 1 amide bonds. The van der Waals surface area contributed by atoms with Gasteiger partial charge in [0.15, 0.2) is 0 Å². The quantitative estimate of drug-likeness (QED) is 0.730. The lowest BCUT2D eigenvalue weighted by Crippen LogP contribution is -2.46. The molecular formula is C19H25F3N2O4S. The zero-order valence-corrected chi connectivity index (χ0v) is 17.0. The number of hydrogen-bond acceptors (Lipinski definition) is 4. The molecule has 1 aromatic carbocycles. The standard InChI is InChI=1S/C19H25F3N2O4S/c1-14-5-9-23(10-6-14)18(25)15-7-11-24(12-8-15)29(26,27)17-4-2-3-16(13-17)28-19(20,21)22/h2-4,13-15H,5-12H2,1H3. The third-order valence-electron chi connectivity index (χ3n) is 5.58. The van der Waals surface area contributed by atoms with Crippen molar-refractivity contribution in [3.05, 3.63) is 24.3 Å². The minimum absolute atomic E-state index is 0.0783. The Morgan fingerprint density at radius 2 is 1.69 bits per heavy atom. The number of nitrogens with zero attached hydrogens (tertiary/aromatic N) is 2. The average molecular weight is 434 g/mol. The van der Waals surface area contributed by atoms with Crippen molar-refractivity contribution in [3.63, 3.8) is 0 Å². The maximum Gasteiger partial charge on any atom is 0.573 e. The first-order chi connectivity index (χ1) is 13.6. The molecule has 0 bridgehead atoms. The SMILES string of the molecule is CC1CCN(C(=O)C2CCN(S(=O)(=O)c3cccc(OC(F)(F)F)c3)CC2)CC1. The molecule has 0 aliphatic carbocycles. The number of sulfonamides is 1. The highest BCUT2D eigenvalue weighted by Crippen LogP contribution is 2.29. The van der Waals surface area contributed by atoms with E-state index in [2.05, 4.69) is 11.7 Å². The Hall–Kier alpha value is -1.81. The number of rotatable bonds is 4. The molecule has 0 aromatic heterocycles. The summed E-state index contributed by atoms with van der Waals surface area (Å²) in [5.41, 5.74) is 0. The van der Waals surface area contributed by atoms with Crippen LogP contribution < -0.4 is 4.74 Å². The fourth-order valence-electron chi connectivity index (χ4n) is 3.81. The van der Waals surface area contributed by atoms with Crippen LogP contribution in [-0.2, 0) is 14.8 Å². The Kier molecular flexibility index (Phi) is 6.42. The van der Waals surface area contributed by atoms with Crippen molar-refractivity contribution < 1.29 is 31.1 Å². The Bertz CT molecular complexity index is 828. The lowest BCUT2D eigenvalue weighted by Gasteiger charge is -2.36. The lowest BCUT2D eigenvalue weighted by molar-refractivity contribution is -0.274. The van der Waals surface area contributed by atoms with E-state index in [1.54, 1.807) is 0 Å². The second-order valence-corrected chi connectivity index (χ2v) is 9.65. The fourth-order valence-corrected chi connectivity index (χ4v) is 5.32. The van der Waals surface area contributed by atoms with Crippen molar-refractivity contribution in [1.29, 1.82) is 0 Å². The molecule has 0 unspecified atom stereocenters. The van der Waals surface area contributed by atoms with E-state index in [9.17, 15) is 26.4 Å². The summed E-state index contributed by atoms with van der Waals surface area (Å²) in [6.45, 7) is 3.97. The van der Waals surface area contributed by atoms with E-state index >= 15 is 0 Å². The average Bonchev–Trinajstić information content (AvgIpc) is 2.67. The van der Waals surface area contributed by atoms with Gasteiger partial charge in [-0.05, 0) is 43.7 Å². The van der Waals surface area contributed by atoms with Gasteiger partial charge in [0.25, 0.3) is 0 Å². The zero-order chi connectivity index (χ0) is 21.2. The Morgan fingerprint density at radius 3 is 2.28 bits per heavy atom. The number of piperidine rings is 2. The molecule has 6 nitrogen and oxygen atoms in total. The van der Waals surface area contributed by atoms with Gasteiger partial charge in [0.05, 0.1) is 4.90 Å². The number of alkyl halides is 3. The Morgan fingerprint density at radius 1 is 1.07 bits per heavy atom. The van der Waals surface area contributed by atoms with Gasteiger partial charge < -0.3 is 9.64 Å². The molecule has 0 N–H and O–H groups in total. The van der Waals surface area contributed by atoms with Gasteiger partial charge in [-0.1, -0.05) is 13.0 Å². The van der Waals surface area contributed by atoms with Crippen LogP contribution in [0.25, 0.3) is 0 Å². The number of likely N-dealkylation sites (tertiary alicyclic amines) is 1. The monoisotopic (exact) mass is 434 g/mol. The third-order valence-corrected chi connectivity index (χ3v) is 7.47. The summed E-state index contributed by atoms with van der Waals surface area (Å²) in [4.78, 5) is 14.3. The molecule has 10 heteroatoms. The van der Waals surface area contributed by atoms with Gasteiger partial charge in [0, 0.05) is 38.2 Å². The van der Waals surface area contributed by atoms with Crippen LogP contribution in [0, 0.1) is 11.8 Å². The molecule has 2 aliphatic heterocycles. The fraction of sp³-hybridized carbons (Fsp3) is 0.632. The number of carbonyl (C=O) groups is 1. The minimum Gasteiger partial charge on any atom is -0.406 e. The van der Waals surface area contributed by atoms with Crippen LogP contribution in [-0.4, -0.2) is 56.1 Å². The minimum atomic E-state index is -4.90. The summed E-state index contributed by atoms with van der Waals surface area (Å²) in [6, 6.07) is 4.37. The number of hydrogen-bond donors (Lipinski definition) is 0. The molecule has 0 atom stereocenters. The smallest absolute Gasteiger partial charge is 0.406 e. The summed E-state index contributed by atoms with van der Waals surface area (Å²) in [5, 5.41) is 0. The molecule has 2 saturated heterocycles. The van der Waals surface area contributed by atoms with E-state index in [0.29, 0.717) is 18.8 Å². The van der Waals surface area contributed by atoms with Gasteiger partial charge in [0.2, 0.25) is 15.9 Å². The molecule has 0 saturated carbocycles. The van der Waals surface area contributed by atoms with Crippen LogP contribution in [0.3, 0.4) is 0 Å². The maximum absolute atomic E-state index is 12.8. The molecule has 0 radical (unpaired) electrons. The third kappa shape index (κ3) is 5.42. The summed E-state index contributed by atoms with van der Waals surface area (Å²) in [7, 11) is -3.96. The van der Waals surface area contributed by atoms with Gasteiger partial charge in [-0.3, -0.25) is 4.79 Å². The van der Waals surface area contributed by atoms with Crippen LogP contribution >= 0.6 is 0 Å². The topological polar surface area (TPSA) is 66.9 Å². The molecular weight excluding hydrogens is 409 g/mol. The summed E-state index contributed by atoms with van der Waals surface area (Å²) in [5.74, 6) is -0.102. The van der Waals surface area contributed by atoms with Crippen molar-refractivity contribution >= 4 is 15.9 Å². The largest absolute Gasteiger partial charge is 0.573 e. The molecule has 29 heavy (non-hydrogen) atoms. The van der Waals surface area contributed by atoms with Gasteiger partial charge >= 0.3 is 6.36 Å². The van der Waals surface area contributed by atoms with E-state index in [0.717, 1.165) is 38.1 Å². The van der Waals surface area contributed by atoms with Gasteiger partial charge in [0.1, 0.15) is 5.75 Å². The van der Waals surface area contributed by atoms with Gasteiger partial charge in [-0.2, -0.15) is 4.31 Å². The molecule has 162 valence electrons. The highest BCUT2D eigenvalue weighted by molar-refractivity contribution is 7.89. The number of carbonyl (C=O) groups excluding carboxylic acids is 1. The van der Waals surface area contributed by atoms with Crippen LogP contribution in [0.1, 0.15) is 32.6 Å². The Balaban J connectivity index is 1.62. The molecule has 3 rings (SSSR count). The summed E-state index contributed by atoms with van der Waals surface area (Å²) < 4.78 is 67.9. The summed E-state index contributed by atoms with van der Waals surface area (Å²) in [6.07, 6.45) is -2.12. The Labute approximate surface area is 168 Å². The van der Waals surface area contributed by atoms with Crippen LogP contribution in [0.4, 0.5) is 13.2 Å². The highest BCUT2D eigenvalue weighted by Gasteiger charge is 2.35. The first kappa shape index (κ1) is 21.9. The number of ether oxygens (including phenoxy) is 1.